The van der Waals surface area contributed by atoms with Gasteiger partial charge in [0.15, 0.2) is 0 Å². The summed E-state index contributed by atoms with van der Waals surface area (Å²) in [6.07, 6.45) is 1.86. The van der Waals surface area contributed by atoms with Crippen LogP contribution in [0.15, 0.2) is 18.3 Å². The van der Waals surface area contributed by atoms with Gasteiger partial charge in [0.1, 0.15) is 3.70 Å². The fourth-order valence-electron chi connectivity index (χ4n) is 0.929. The number of halogens is 1. The molecule has 1 aromatic rings. The van der Waals surface area contributed by atoms with E-state index in [0.29, 0.717) is 6.61 Å². The molecule has 0 unspecified atom stereocenters. The molecule has 0 bridgehead atoms. The fraction of sp³-hybridized carbons (Fsp3) is 0.500. The summed E-state index contributed by atoms with van der Waals surface area (Å²) in [5.41, 5.74) is 1.13. The van der Waals surface area contributed by atoms with Gasteiger partial charge in [-0.15, -0.1) is 0 Å². The summed E-state index contributed by atoms with van der Waals surface area (Å²) in [5, 5.41) is 0. The zero-order chi connectivity index (χ0) is 10.4. The molecule has 1 aromatic heterocycles. The second-order valence-electron chi connectivity index (χ2n) is 3.35. The van der Waals surface area contributed by atoms with Crippen molar-refractivity contribution in [1.29, 1.82) is 0 Å². The lowest BCUT2D eigenvalue weighted by atomic mass is 10.3. The van der Waals surface area contributed by atoms with Crippen LogP contribution in [0.1, 0.15) is 5.56 Å². The van der Waals surface area contributed by atoms with Crippen LogP contribution in [0.3, 0.4) is 0 Å². The smallest absolute Gasteiger partial charge is 0.101 e. The molecule has 0 N–H and O–H groups in total. The van der Waals surface area contributed by atoms with E-state index in [0.717, 1.165) is 22.4 Å². The predicted molar refractivity (Wildman–Crippen MR) is 65.2 cm³/mol. The highest BCUT2D eigenvalue weighted by molar-refractivity contribution is 14.1. The number of hydrogen-bond donors (Lipinski definition) is 0. The first-order valence-electron chi connectivity index (χ1n) is 4.51. The average Bonchev–Trinajstić information content (AvgIpc) is 2.15. The van der Waals surface area contributed by atoms with Crippen LogP contribution in [0.5, 0.6) is 0 Å². The Morgan fingerprint density at radius 2 is 2.21 bits per heavy atom. The third kappa shape index (κ3) is 4.88. The molecule has 0 saturated carbocycles. The highest BCUT2D eigenvalue weighted by atomic mass is 127. The van der Waals surface area contributed by atoms with Crippen LogP contribution in [0.2, 0.25) is 0 Å². The van der Waals surface area contributed by atoms with Crippen LogP contribution >= 0.6 is 22.6 Å². The van der Waals surface area contributed by atoms with Gasteiger partial charge in [-0.2, -0.15) is 0 Å². The van der Waals surface area contributed by atoms with Crippen LogP contribution in [-0.4, -0.2) is 37.1 Å². The Morgan fingerprint density at radius 3 is 2.79 bits per heavy atom. The molecule has 0 aromatic carbocycles. The van der Waals surface area contributed by atoms with E-state index in [1.54, 1.807) is 0 Å². The largest absolute Gasteiger partial charge is 0.375 e. The van der Waals surface area contributed by atoms with Crippen LogP contribution < -0.4 is 0 Å². The minimum atomic E-state index is 0.651. The quantitative estimate of drug-likeness (QED) is 0.471. The summed E-state index contributed by atoms with van der Waals surface area (Å²) in [6.45, 7) is 2.37. The number of aromatic nitrogens is 1. The molecule has 4 heteroatoms. The van der Waals surface area contributed by atoms with Crippen molar-refractivity contribution in [1.82, 2.24) is 9.88 Å². The van der Waals surface area contributed by atoms with Crippen molar-refractivity contribution >= 4 is 22.6 Å². The third-order valence-electron chi connectivity index (χ3n) is 1.74. The lowest BCUT2D eigenvalue weighted by molar-refractivity contribution is 0.105. The van der Waals surface area contributed by atoms with Crippen molar-refractivity contribution in [3.63, 3.8) is 0 Å². The van der Waals surface area contributed by atoms with E-state index in [9.17, 15) is 0 Å². The number of likely N-dealkylation sites (N-methyl/N-ethyl adjacent to an activating group) is 1. The minimum Gasteiger partial charge on any atom is -0.375 e. The Morgan fingerprint density at radius 1 is 1.43 bits per heavy atom. The SMILES string of the molecule is CN(C)CCOCc1ccc(I)nc1. The Bertz CT molecular complexity index is 261. The zero-order valence-corrected chi connectivity index (χ0v) is 10.7. The van der Waals surface area contributed by atoms with Gasteiger partial charge >= 0.3 is 0 Å². The molecular weight excluding hydrogens is 291 g/mol. The van der Waals surface area contributed by atoms with Crippen LogP contribution in [0.4, 0.5) is 0 Å². The molecule has 0 aliphatic heterocycles. The van der Waals surface area contributed by atoms with E-state index in [1.165, 1.54) is 0 Å². The van der Waals surface area contributed by atoms with Crippen molar-refractivity contribution in [2.75, 3.05) is 27.2 Å². The lowest BCUT2D eigenvalue weighted by Crippen LogP contribution is -2.17. The van der Waals surface area contributed by atoms with Gasteiger partial charge in [-0.1, -0.05) is 6.07 Å². The van der Waals surface area contributed by atoms with E-state index in [2.05, 4.69) is 32.5 Å². The molecule has 0 fully saturated rings. The topological polar surface area (TPSA) is 25.4 Å². The molecule has 0 spiro atoms. The molecule has 78 valence electrons. The zero-order valence-electron chi connectivity index (χ0n) is 8.53. The number of nitrogens with zero attached hydrogens (tertiary/aromatic N) is 2. The van der Waals surface area contributed by atoms with Gasteiger partial charge in [0.05, 0.1) is 13.2 Å². The van der Waals surface area contributed by atoms with Crippen molar-refractivity contribution in [2.24, 2.45) is 0 Å². The summed E-state index contributed by atoms with van der Waals surface area (Å²) >= 11 is 2.19. The molecule has 0 radical (unpaired) electrons. The fourth-order valence-corrected chi connectivity index (χ4v) is 1.25. The normalized spacial score (nSPS) is 10.9. The van der Waals surface area contributed by atoms with Gasteiger partial charge in [-0.25, -0.2) is 4.98 Å². The maximum atomic E-state index is 5.49. The van der Waals surface area contributed by atoms with Crippen molar-refractivity contribution in [3.8, 4) is 0 Å². The van der Waals surface area contributed by atoms with Crippen LogP contribution in [0.25, 0.3) is 0 Å². The molecule has 0 atom stereocenters. The molecule has 1 rings (SSSR count). The third-order valence-corrected chi connectivity index (χ3v) is 2.38. The van der Waals surface area contributed by atoms with E-state index in [4.69, 9.17) is 4.74 Å². The van der Waals surface area contributed by atoms with Gasteiger partial charge in [0.2, 0.25) is 0 Å². The molecular formula is C10H15IN2O. The molecule has 0 amide bonds. The molecule has 0 aliphatic rings. The van der Waals surface area contributed by atoms with Gasteiger partial charge in [-0.3, -0.25) is 0 Å². The van der Waals surface area contributed by atoms with E-state index >= 15 is 0 Å². The highest BCUT2D eigenvalue weighted by Gasteiger charge is 1.95. The summed E-state index contributed by atoms with van der Waals surface area (Å²) in [6, 6.07) is 4.04. The summed E-state index contributed by atoms with van der Waals surface area (Å²) in [4.78, 5) is 6.29. The summed E-state index contributed by atoms with van der Waals surface area (Å²) in [5.74, 6) is 0. The van der Waals surface area contributed by atoms with Gasteiger partial charge in [-0.05, 0) is 48.3 Å². The number of rotatable bonds is 5. The highest BCUT2D eigenvalue weighted by Crippen LogP contribution is 2.03. The first-order chi connectivity index (χ1) is 6.68. The second-order valence-corrected chi connectivity index (χ2v) is 4.45. The Balaban J connectivity index is 2.21. The second kappa shape index (κ2) is 6.31. The number of pyridine rings is 1. The van der Waals surface area contributed by atoms with Crippen molar-refractivity contribution < 1.29 is 4.74 Å². The summed E-state index contributed by atoms with van der Waals surface area (Å²) < 4.78 is 6.50. The van der Waals surface area contributed by atoms with E-state index in [-0.39, 0.29) is 0 Å². The molecule has 14 heavy (non-hydrogen) atoms. The monoisotopic (exact) mass is 306 g/mol. The Hall–Kier alpha value is -0.200. The molecule has 0 saturated heterocycles. The number of ether oxygens (including phenoxy) is 1. The maximum Gasteiger partial charge on any atom is 0.101 e. The molecule has 1 heterocycles. The predicted octanol–water partition coefficient (Wildman–Crippen LogP) is 1.76. The van der Waals surface area contributed by atoms with Gasteiger partial charge in [0, 0.05) is 12.7 Å². The minimum absolute atomic E-state index is 0.651. The van der Waals surface area contributed by atoms with Gasteiger partial charge < -0.3 is 9.64 Å². The van der Waals surface area contributed by atoms with E-state index in [1.807, 2.05) is 32.4 Å². The first kappa shape index (κ1) is 11.9. The Kier molecular flexibility index (Phi) is 5.36. The van der Waals surface area contributed by atoms with E-state index < -0.39 is 0 Å². The lowest BCUT2D eigenvalue weighted by Gasteiger charge is -2.09. The average molecular weight is 306 g/mol. The summed E-state index contributed by atoms with van der Waals surface area (Å²) in [7, 11) is 4.07. The maximum absolute atomic E-state index is 5.49. The van der Waals surface area contributed by atoms with Crippen LogP contribution in [-0.2, 0) is 11.3 Å². The van der Waals surface area contributed by atoms with Crippen LogP contribution in [0, 0.1) is 3.70 Å². The van der Waals surface area contributed by atoms with Crippen molar-refractivity contribution in [3.05, 3.63) is 27.6 Å². The van der Waals surface area contributed by atoms with Gasteiger partial charge in [0.25, 0.3) is 0 Å². The molecule has 3 nitrogen and oxygen atoms in total. The Labute approximate surface area is 98.6 Å². The standard InChI is InChI=1S/C10H15IN2O/c1-13(2)5-6-14-8-9-3-4-10(11)12-7-9/h3-4,7H,5-6,8H2,1-2H3. The number of hydrogen-bond acceptors (Lipinski definition) is 3. The van der Waals surface area contributed by atoms with Crippen molar-refractivity contribution in [2.45, 2.75) is 6.61 Å². The molecule has 0 aliphatic carbocycles. The first-order valence-corrected chi connectivity index (χ1v) is 5.59.